The van der Waals surface area contributed by atoms with E-state index in [-0.39, 0.29) is 29.6 Å². The van der Waals surface area contributed by atoms with E-state index in [9.17, 15) is 14.0 Å². The lowest BCUT2D eigenvalue weighted by Crippen LogP contribution is -2.34. The average molecular weight is 267 g/mol. The van der Waals surface area contributed by atoms with Crippen LogP contribution in [0.5, 0.6) is 5.75 Å². The van der Waals surface area contributed by atoms with Crippen molar-refractivity contribution in [1.29, 1.82) is 0 Å². The Kier molecular flexibility index (Phi) is 5.48. The van der Waals surface area contributed by atoms with Gasteiger partial charge < -0.3 is 9.64 Å². The van der Waals surface area contributed by atoms with Crippen LogP contribution < -0.4 is 4.74 Å². The van der Waals surface area contributed by atoms with Crippen LogP contribution in [0.15, 0.2) is 18.2 Å². The molecule has 0 aliphatic heterocycles. The summed E-state index contributed by atoms with van der Waals surface area (Å²) in [6.07, 6.45) is 0. The van der Waals surface area contributed by atoms with E-state index in [0.717, 1.165) is 6.07 Å². The molecule has 0 N–H and O–H groups in total. The molecule has 0 aliphatic rings. The topological polar surface area (TPSA) is 46.6 Å². The lowest BCUT2D eigenvalue weighted by Gasteiger charge is -2.18. The Morgan fingerprint density at radius 3 is 2.37 bits per heavy atom. The second-order valence-corrected chi connectivity index (χ2v) is 4.06. The minimum atomic E-state index is -0.639. The monoisotopic (exact) mass is 267 g/mol. The number of carbonyl (C=O) groups excluding carboxylic acids is 2. The van der Waals surface area contributed by atoms with E-state index < -0.39 is 5.82 Å². The highest BCUT2D eigenvalue weighted by Gasteiger charge is 2.12. The second-order valence-electron chi connectivity index (χ2n) is 4.06. The van der Waals surface area contributed by atoms with E-state index in [1.165, 1.54) is 19.1 Å². The number of hydrogen-bond donors (Lipinski definition) is 0. The van der Waals surface area contributed by atoms with Crippen molar-refractivity contribution in [3.8, 4) is 5.75 Å². The third-order valence-corrected chi connectivity index (χ3v) is 2.81. The van der Waals surface area contributed by atoms with Crippen LogP contribution in [0.25, 0.3) is 0 Å². The summed E-state index contributed by atoms with van der Waals surface area (Å²) in [7, 11) is 0. The maximum atomic E-state index is 13.6. The Morgan fingerprint density at radius 2 is 1.89 bits per heavy atom. The molecule has 4 nitrogen and oxygen atoms in total. The van der Waals surface area contributed by atoms with Crippen molar-refractivity contribution in [1.82, 2.24) is 4.90 Å². The van der Waals surface area contributed by atoms with E-state index >= 15 is 0 Å². The molecular weight excluding hydrogens is 249 g/mol. The summed E-state index contributed by atoms with van der Waals surface area (Å²) in [5.74, 6) is -1.07. The van der Waals surface area contributed by atoms with Crippen LogP contribution in [0.3, 0.4) is 0 Å². The molecule has 0 saturated heterocycles. The number of rotatable bonds is 6. The van der Waals surface area contributed by atoms with Crippen LogP contribution in [0, 0.1) is 5.82 Å². The molecule has 1 aromatic rings. The highest BCUT2D eigenvalue weighted by molar-refractivity contribution is 5.94. The van der Waals surface area contributed by atoms with Gasteiger partial charge in [0.1, 0.15) is 0 Å². The zero-order valence-electron chi connectivity index (χ0n) is 11.4. The molecule has 0 aliphatic carbocycles. The minimum Gasteiger partial charge on any atom is -0.481 e. The van der Waals surface area contributed by atoms with Crippen molar-refractivity contribution in [2.45, 2.75) is 20.8 Å². The molecule has 19 heavy (non-hydrogen) atoms. The molecular formula is C14H18FNO3. The summed E-state index contributed by atoms with van der Waals surface area (Å²) in [6, 6.07) is 3.95. The quantitative estimate of drug-likeness (QED) is 0.743. The SMILES string of the molecule is CCN(CC)C(=O)COc1ccc(C(C)=O)cc1F. The van der Waals surface area contributed by atoms with Gasteiger partial charge in [-0.1, -0.05) is 0 Å². The van der Waals surface area contributed by atoms with Crippen molar-refractivity contribution < 1.29 is 18.7 Å². The fourth-order valence-electron chi connectivity index (χ4n) is 1.64. The van der Waals surface area contributed by atoms with Gasteiger partial charge in [0.2, 0.25) is 0 Å². The number of halogens is 1. The normalized spacial score (nSPS) is 10.1. The maximum absolute atomic E-state index is 13.6. The van der Waals surface area contributed by atoms with Crippen molar-refractivity contribution >= 4 is 11.7 Å². The maximum Gasteiger partial charge on any atom is 0.260 e. The van der Waals surface area contributed by atoms with E-state index in [4.69, 9.17) is 4.74 Å². The van der Waals surface area contributed by atoms with E-state index in [0.29, 0.717) is 13.1 Å². The second kappa shape index (κ2) is 6.87. The number of benzene rings is 1. The number of carbonyl (C=O) groups is 2. The molecule has 5 heteroatoms. The van der Waals surface area contributed by atoms with Gasteiger partial charge in [0, 0.05) is 18.7 Å². The first kappa shape index (κ1) is 15.1. The highest BCUT2D eigenvalue weighted by Crippen LogP contribution is 2.18. The first-order chi connectivity index (χ1) is 8.99. The number of likely N-dealkylation sites (N-methyl/N-ethyl adjacent to an activating group) is 1. The van der Waals surface area contributed by atoms with Gasteiger partial charge in [-0.25, -0.2) is 4.39 Å². The highest BCUT2D eigenvalue weighted by atomic mass is 19.1. The lowest BCUT2D eigenvalue weighted by atomic mass is 10.1. The summed E-state index contributed by atoms with van der Waals surface area (Å²) in [4.78, 5) is 24.4. The predicted molar refractivity (Wildman–Crippen MR) is 69.8 cm³/mol. The summed E-state index contributed by atoms with van der Waals surface area (Å²) in [5, 5.41) is 0. The Hall–Kier alpha value is -1.91. The molecule has 1 aromatic carbocycles. The van der Waals surface area contributed by atoms with Crippen LogP contribution in [0.2, 0.25) is 0 Å². The first-order valence-electron chi connectivity index (χ1n) is 6.20. The molecule has 0 fully saturated rings. The van der Waals surface area contributed by atoms with Crippen LogP contribution >= 0.6 is 0 Å². The molecule has 0 aromatic heterocycles. The van der Waals surface area contributed by atoms with Gasteiger partial charge in [-0.2, -0.15) is 0 Å². The van der Waals surface area contributed by atoms with E-state index in [1.54, 1.807) is 4.90 Å². The number of hydrogen-bond acceptors (Lipinski definition) is 3. The van der Waals surface area contributed by atoms with E-state index in [1.807, 2.05) is 13.8 Å². The smallest absolute Gasteiger partial charge is 0.260 e. The van der Waals surface area contributed by atoms with Crippen LogP contribution in [0.4, 0.5) is 4.39 Å². The lowest BCUT2D eigenvalue weighted by molar-refractivity contribution is -0.133. The molecule has 0 unspecified atom stereocenters. The summed E-state index contributed by atoms with van der Waals surface area (Å²) >= 11 is 0. The Morgan fingerprint density at radius 1 is 1.26 bits per heavy atom. The van der Waals surface area contributed by atoms with Gasteiger partial charge in [-0.15, -0.1) is 0 Å². The number of amides is 1. The average Bonchev–Trinajstić information content (AvgIpc) is 2.38. The van der Waals surface area contributed by atoms with Crippen LogP contribution in [0.1, 0.15) is 31.1 Å². The van der Waals surface area contributed by atoms with Gasteiger partial charge in [-0.05, 0) is 39.0 Å². The number of Topliss-reactive ketones (excluding diaryl/α,β-unsaturated/α-hetero) is 1. The molecule has 0 radical (unpaired) electrons. The molecule has 104 valence electrons. The van der Waals surface area contributed by atoms with Crippen molar-refractivity contribution in [3.63, 3.8) is 0 Å². The largest absolute Gasteiger partial charge is 0.481 e. The van der Waals surface area contributed by atoms with Gasteiger partial charge in [0.25, 0.3) is 5.91 Å². The molecule has 0 heterocycles. The molecule has 0 spiro atoms. The Balaban J connectivity index is 2.68. The van der Waals surface area contributed by atoms with Crippen LogP contribution in [-0.4, -0.2) is 36.3 Å². The Labute approximate surface area is 112 Å². The van der Waals surface area contributed by atoms with Gasteiger partial charge in [0.05, 0.1) is 0 Å². The summed E-state index contributed by atoms with van der Waals surface area (Å²) < 4.78 is 18.8. The van der Waals surface area contributed by atoms with Crippen molar-refractivity contribution in [2.24, 2.45) is 0 Å². The fourth-order valence-corrected chi connectivity index (χ4v) is 1.64. The molecule has 0 saturated carbocycles. The van der Waals surface area contributed by atoms with Gasteiger partial charge >= 0.3 is 0 Å². The van der Waals surface area contributed by atoms with Gasteiger partial charge in [0.15, 0.2) is 24.0 Å². The number of nitrogens with zero attached hydrogens (tertiary/aromatic N) is 1. The van der Waals surface area contributed by atoms with Crippen molar-refractivity contribution in [2.75, 3.05) is 19.7 Å². The van der Waals surface area contributed by atoms with E-state index in [2.05, 4.69) is 0 Å². The molecule has 0 atom stereocenters. The zero-order valence-corrected chi connectivity index (χ0v) is 11.4. The minimum absolute atomic E-state index is 0.0227. The van der Waals surface area contributed by atoms with Gasteiger partial charge in [-0.3, -0.25) is 9.59 Å². The first-order valence-corrected chi connectivity index (χ1v) is 6.20. The summed E-state index contributed by atoms with van der Waals surface area (Å²) in [6.45, 7) is 6.05. The third-order valence-electron chi connectivity index (χ3n) is 2.81. The molecule has 1 amide bonds. The summed E-state index contributed by atoms with van der Waals surface area (Å²) in [5.41, 5.74) is 0.278. The zero-order chi connectivity index (χ0) is 14.4. The predicted octanol–water partition coefficient (Wildman–Crippen LogP) is 2.28. The Bertz CT molecular complexity index is 470. The molecule has 1 rings (SSSR count). The fraction of sp³-hybridized carbons (Fsp3) is 0.429. The third kappa shape index (κ3) is 4.05. The number of ketones is 1. The van der Waals surface area contributed by atoms with Crippen molar-refractivity contribution in [3.05, 3.63) is 29.6 Å². The molecule has 0 bridgehead atoms. The standard InChI is InChI=1S/C14H18FNO3/c1-4-16(5-2)14(18)9-19-13-7-6-11(10(3)17)8-12(13)15/h6-8H,4-5,9H2,1-3H3. The number of ether oxygens (including phenoxy) is 1. The van der Waals surface area contributed by atoms with Crippen LogP contribution in [-0.2, 0) is 4.79 Å².